The molecule has 0 aliphatic carbocycles. The summed E-state index contributed by atoms with van der Waals surface area (Å²) in [5, 5.41) is 3.51. The molecule has 2 aliphatic heterocycles. The van der Waals surface area contributed by atoms with Crippen molar-refractivity contribution in [3.8, 4) is 5.75 Å². The van der Waals surface area contributed by atoms with Gasteiger partial charge in [-0.15, -0.1) is 24.0 Å². The van der Waals surface area contributed by atoms with E-state index in [9.17, 15) is 0 Å². The van der Waals surface area contributed by atoms with Crippen LogP contribution in [0.5, 0.6) is 5.75 Å². The van der Waals surface area contributed by atoms with Crippen molar-refractivity contribution in [1.29, 1.82) is 0 Å². The summed E-state index contributed by atoms with van der Waals surface area (Å²) in [5.74, 6) is 2.85. The topological polar surface area (TPSA) is 43.3 Å². The highest BCUT2D eigenvalue weighted by atomic mass is 127. The summed E-state index contributed by atoms with van der Waals surface area (Å²) in [6.45, 7) is 14.0. The van der Waals surface area contributed by atoms with Crippen LogP contribution in [0, 0.1) is 5.92 Å². The fraction of sp³-hybridized carbons (Fsp3) is 0.696. The number of likely N-dealkylation sites (tertiary alicyclic amines) is 1. The molecule has 2 aliphatic rings. The molecule has 1 aromatic carbocycles. The van der Waals surface area contributed by atoms with Crippen LogP contribution in [0.4, 0.5) is 5.69 Å². The van der Waals surface area contributed by atoms with E-state index in [1.54, 1.807) is 7.11 Å². The maximum absolute atomic E-state index is 5.37. The number of nitrogens with one attached hydrogen (secondary N) is 1. The molecular weight excluding hydrogens is 489 g/mol. The summed E-state index contributed by atoms with van der Waals surface area (Å²) in [5.41, 5.74) is 1.24. The van der Waals surface area contributed by atoms with Crippen LogP contribution in [0.1, 0.15) is 33.1 Å². The van der Waals surface area contributed by atoms with Gasteiger partial charge in [0.05, 0.1) is 7.11 Å². The predicted molar refractivity (Wildman–Crippen MR) is 138 cm³/mol. The molecule has 2 fully saturated rings. The highest BCUT2D eigenvalue weighted by Crippen LogP contribution is 2.22. The minimum absolute atomic E-state index is 0. The normalized spacial score (nSPS) is 18.8. The lowest BCUT2D eigenvalue weighted by molar-refractivity contribution is 0.188. The van der Waals surface area contributed by atoms with Crippen LogP contribution in [-0.4, -0.2) is 81.8 Å². The van der Waals surface area contributed by atoms with Gasteiger partial charge in [-0.2, -0.15) is 0 Å². The van der Waals surface area contributed by atoms with E-state index < -0.39 is 0 Å². The zero-order valence-electron chi connectivity index (χ0n) is 19.0. The fourth-order valence-corrected chi connectivity index (χ4v) is 4.35. The van der Waals surface area contributed by atoms with Gasteiger partial charge in [0.1, 0.15) is 5.75 Å². The smallest absolute Gasteiger partial charge is 0.194 e. The SMILES string of the molecule is CCNC(=NCCC1CCN(CC)CC1)N1CCN(c2cccc(OC)c2)CC1.I. The molecule has 0 bridgehead atoms. The molecule has 0 saturated carbocycles. The number of ether oxygens (including phenoxy) is 1. The maximum atomic E-state index is 5.37. The molecule has 1 N–H and O–H groups in total. The molecular formula is C23H40IN5O. The highest BCUT2D eigenvalue weighted by Gasteiger charge is 2.21. The number of benzene rings is 1. The van der Waals surface area contributed by atoms with Crippen LogP contribution < -0.4 is 15.0 Å². The summed E-state index contributed by atoms with van der Waals surface area (Å²) in [7, 11) is 1.73. The summed E-state index contributed by atoms with van der Waals surface area (Å²) in [6.07, 6.45) is 3.88. The Labute approximate surface area is 200 Å². The molecule has 0 aromatic heterocycles. The molecule has 6 nitrogen and oxygen atoms in total. The Bertz CT molecular complexity index is 640. The quantitative estimate of drug-likeness (QED) is 0.333. The minimum atomic E-state index is 0. The van der Waals surface area contributed by atoms with Crippen molar-refractivity contribution >= 4 is 35.6 Å². The van der Waals surface area contributed by atoms with Gasteiger partial charge in [-0.1, -0.05) is 13.0 Å². The molecule has 170 valence electrons. The zero-order chi connectivity index (χ0) is 20.5. The van der Waals surface area contributed by atoms with E-state index >= 15 is 0 Å². The number of rotatable bonds is 7. The van der Waals surface area contributed by atoms with Crippen LogP contribution >= 0.6 is 24.0 Å². The van der Waals surface area contributed by atoms with Crippen LogP contribution in [0.15, 0.2) is 29.3 Å². The summed E-state index contributed by atoms with van der Waals surface area (Å²) in [4.78, 5) is 12.4. The number of halogens is 1. The number of hydrogen-bond acceptors (Lipinski definition) is 4. The van der Waals surface area contributed by atoms with Crippen molar-refractivity contribution in [3.63, 3.8) is 0 Å². The number of aliphatic imine (C=N–C) groups is 1. The molecule has 30 heavy (non-hydrogen) atoms. The molecule has 3 rings (SSSR count). The molecule has 7 heteroatoms. The largest absolute Gasteiger partial charge is 0.497 e. The van der Waals surface area contributed by atoms with E-state index in [1.165, 1.54) is 44.6 Å². The van der Waals surface area contributed by atoms with Gasteiger partial charge in [0, 0.05) is 51.0 Å². The first-order chi connectivity index (χ1) is 14.2. The van der Waals surface area contributed by atoms with Crippen molar-refractivity contribution in [2.75, 3.05) is 70.9 Å². The van der Waals surface area contributed by atoms with Crippen LogP contribution in [0.3, 0.4) is 0 Å². The third kappa shape index (κ3) is 7.18. The fourth-order valence-electron chi connectivity index (χ4n) is 4.35. The number of methoxy groups -OCH3 is 1. The second-order valence-electron chi connectivity index (χ2n) is 8.08. The van der Waals surface area contributed by atoms with E-state index in [-0.39, 0.29) is 24.0 Å². The minimum Gasteiger partial charge on any atom is -0.497 e. The van der Waals surface area contributed by atoms with Crippen molar-refractivity contribution in [2.24, 2.45) is 10.9 Å². The molecule has 0 amide bonds. The molecule has 0 radical (unpaired) electrons. The molecule has 0 spiro atoms. The van der Waals surface area contributed by atoms with Crippen LogP contribution in [0.25, 0.3) is 0 Å². The first-order valence-corrected chi connectivity index (χ1v) is 11.4. The van der Waals surface area contributed by atoms with Gasteiger partial charge in [0.25, 0.3) is 0 Å². The Kier molecular flexibility index (Phi) is 11.1. The van der Waals surface area contributed by atoms with Gasteiger partial charge < -0.3 is 24.8 Å². The van der Waals surface area contributed by atoms with Crippen molar-refractivity contribution in [2.45, 2.75) is 33.1 Å². The lowest BCUT2D eigenvalue weighted by Gasteiger charge is -2.38. The Morgan fingerprint density at radius 2 is 1.83 bits per heavy atom. The molecule has 0 atom stereocenters. The van der Waals surface area contributed by atoms with Gasteiger partial charge in [-0.3, -0.25) is 4.99 Å². The Morgan fingerprint density at radius 1 is 1.10 bits per heavy atom. The maximum Gasteiger partial charge on any atom is 0.194 e. The molecule has 2 heterocycles. The second-order valence-corrected chi connectivity index (χ2v) is 8.08. The summed E-state index contributed by atoms with van der Waals surface area (Å²) in [6, 6.07) is 8.36. The number of nitrogens with zero attached hydrogens (tertiary/aromatic N) is 4. The number of guanidine groups is 1. The van der Waals surface area contributed by atoms with Crippen LogP contribution in [-0.2, 0) is 0 Å². The molecule has 1 aromatic rings. The molecule has 0 unspecified atom stereocenters. The monoisotopic (exact) mass is 529 g/mol. The van der Waals surface area contributed by atoms with E-state index in [1.807, 2.05) is 6.07 Å². The number of piperazine rings is 1. The van der Waals surface area contributed by atoms with E-state index in [4.69, 9.17) is 9.73 Å². The average Bonchev–Trinajstić information content (AvgIpc) is 2.79. The lowest BCUT2D eigenvalue weighted by Crippen LogP contribution is -2.52. The van der Waals surface area contributed by atoms with Gasteiger partial charge >= 0.3 is 0 Å². The van der Waals surface area contributed by atoms with Gasteiger partial charge in [-0.05, 0) is 63.9 Å². The Balaban J connectivity index is 0.00000320. The molecule has 2 saturated heterocycles. The van der Waals surface area contributed by atoms with E-state index in [0.29, 0.717) is 0 Å². The number of piperidine rings is 1. The van der Waals surface area contributed by atoms with Gasteiger partial charge in [0.15, 0.2) is 5.96 Å². The summed E-state index contributed by atoms with van der Waals surface area (Å²) >= 11 is 0. The van der Waals surface area contributed by atoms with Crippen molar-refractivity contribution in [3.05, 3.63) is 24.3 Å². The van der Waals surface area contributed by atoms with E-state index in [2.05, 4.69) is 52.1 Å². The van der Waals surface area contributed by atoms with Gasteiger partial charge in [0.2, 0.25) is 0 Å². The van der Waals surface area contributed by atoms with Gasteiger partial charge in [-0.25, -0.2) is 0 Å². The Hall–Kier alpha value is -1.22. The van der Waals surface area contributed by atoms with E-state index in [0.717, 1.165) is 56.9 Å². The lowest BCUT2D eigenvalue weighted by atomic mass is 9.94. The second kappa shape index (κ2) is 13.2. The first-order valence-electron chi connectivity index (χ1n) is 11.4. The standard InChI is InChI=1S/C23H39N5O.HI/c1-4-24-23(25-12-9-20-10-13-26(5-2)14-11-20)28-17-15-27(16-18-28)21-7-6-8-22(19-21)29-3;/h6-8,19-20H,4-5,9-18H2,1-3H3,(H,24,25);1H. The van der Waals surface area contributed by atoms with Crippen molar-refractivity contribution in [1.82, 2.24) is 15.1 Å². The first kappa shape index (κ1) is 25.0. The average molecular weight is 530 g/mol. The third-order valence-electron chi connectivity index (χ3n) is 6.29. The predicted octanol–water partition coefficient (Wildman–Crippen LogP) is 3.52. The van der Waals surface area contributed by atoms with Crippen molar-refractivity contribution < 1.29 is 4.74 Å². The number of hydrogen-bond donors (Lipinski definition) is 1. The Morgan fingerprint density at radius 3 is 2.47 bits per heavy atom. The van der Waals surface area contributed by atoms with Crippen LogP contribution in [0.2, 0.25) is 0 Å². The zero-order valence-corrected chi connectivity index (χ0v) is 21.3. The third-order valence-corrected chi connectivity index (χ3v) is 6.29. The summed E-state index contributed by atoms with van der Waals surface area (Å²) < 4.78 is 5.37. The number of anilines is 1. The highest BCUT2D eigenvalue weighted by molar-refractivity contribution is 14.0.